The van der Waals surface area contributed by atoms with Crippen LogP contribution in [0.3, 0.4) is 0 Å². The van der Waals surface area contributed by atoms with Crippen LogP contribution in [0.25, 0.3) is 0 Å². The van der Waals surface area contributed by atoms with E-state index in [-0.39, 0.29) is 0 Å². The molecule has 0 aliphatic carbocycles. The summed E-state index contributed by atoms with van der Waals surface area (Å²) in [4.78, 5) is 7.92. The highest BCUT2D eigenvalue weighted by atomic mass is 32.2. The van der Waals surface area contributed by atoms with Gasteiger partial charge in [0.1, 0.15) is 6.33 Å². The van der Waals surface area contributed by atoms with Gasteiger partial charge >= 0.3 is 0 Å². The molecule has 5 heteroatoms. The van der Waals surface area contributed by atoms with Crippen molar-refractivity contribution in [2.45, 2.75) is 17.7 Å². The summed E-state index contributed by atoms with van der Waals surface area (Å²) in [7, 11) is 0. The van der Waals surface area contributed by atoms with Crippen LogP contribution in [0.1, 0.15) is 5.56 Å². The number of aliphatic hydroxyl groups is 1. The predicted molar refractivity (Wildman–Crippen MR) is 74.9 cm³/mol. The number of ether oxygens (including phenoxy) is 1. The lowest BCUT2D eigenvalue weighted by molar-refractivity contribution is 0.0398. The molecule has 4 nitrogen and oxygen atoms in total. The molecule has 19 heavy (non-hydrogen) atoms. The van der Waals surface area contributed by atoms with Crippen LogP contribution in [0.2, 0.25) is 0 Å². The highest BCUT2D eigenvalue weighted by molar-refractivity contribution is 7.99. The molecule has 100 valence electrons. The average Bonchev–Trinajstić information content (AvgIpc) is 2.47. The Bertz CT molecular complexity index is 467. The molecule has 2 aromatic rings. The Hall–Kier alpha value is -1.43. The van der Waals surface area contributed by atoms with Crippen molar-refractivity contribution in [2.24, 2.45) is 0 Å². The molecular formula is C14H16N2O2S. The molecule has 1 atom stereocenters. The zero-order valence-electron chi connectivity index (χ0n) is 10.5. The Morgan fingerprint density at radius 2 is 2.05 bits per heavy atom. The fraction of sp³-hybridized carbons (Fsp3) is 0.286. The van der Waals surface area contributed by atoms with E-state index in [0.717, 1.165) is 10.6 Å². The van der Waals surface area contributed by atoms with Crippen molar-refractivity contribution in [1.82, 2.24) is 9.97 Å². The summed E-state index contributed by atoms with van der Waals surface area (Å²) in [6.45, 7) is 0.850. The zero-order valence-corrected chi connectivity index (χ0v) is 11.3. The number of rotatable bonds is 7. The average molecular weight is 276 g/mol. The Morgan fingerprint density at radius 1 is 1.21 bits per heavy atom. The van der Waals surface area contributed by atoms with Crippen LogP contribution in [-0.2, 0) is 11.3 Å². The minimum absolute atomic E-state index is 0.326. The van der Waals surface area contributed by atoms with E-state index in [2.05, 4.69) is 9.97 Å². The molecule has 0 saturated carbocycles. The first kappa shape index (κ1) is 14.0. The number of hydrogen-bond acceptors (Lipinski definition) is 5. The van der Waals surface area contributed by atoms with E-state index < -0.39 is 6.10 Å². The van der Waals surface area contributed by atoms with Gasteiger partial charge < -0.3 is 9.84 Å². The summed E-state index contributed by atoms with van der Waals surface area (Å²) in [6.07, 6.45) is 2.69. The molecule has 1 unspecified atom stereocenters. The molecule has 0 aliphatic heterocycles. The Balaban J connectivity index is 1.64. The lowest BCUT2D eigenvalue weighted by Gasteiger charge is -2.10. The molecule has 1 aromatic heterocycles. The third-order valence-corrected chi connectivity index (χ3v) is 3.49. The van der Waals surface area contributed by atoms with Crippen LogP contribution in [0, 0.1) is 0 Å². The van der Waals surface area contributed by atoms with E-state index in [9.17, 15) is 5.11 Å². The number of benzene rings is 1. The summed E-state index contributed by atoms with van der Waals surface area (Å²) < 4.78 is 5.47. The van der Waals surface area contributed by atoms with Gasteiger partial charge in [0.25, 0.3) is 0 Å². The monoisotopic (exact) mass is 276 g/mol. The lowest BCUT2D eigenvalue weighted by atomic mass is 10.2. The van der Waals surface area contributed by atoms with Crippen LogP contribution in [0.15, 0.2) is 53.9 Å². The van der Waals surface area contributed by atoms with Gasteiger partial charge in [-0.1, -0.05) is 30.3 Å². The topological polar surface area (TPSA) is 55.2 Å². The fourth-order valence-corrected chi connectivity index (χ4v) is 2.22. The number of hydrogen-bond donors (Lipinski definition) is 1. The van der Waals surface area contributed by atoms with E-state index in [0.29, 0.717) is 19.0 Å². The molecule has 2 rings (SSSR count). The molecule has 1 N–H and O–H groups in total. The van der Waals surface area contributed by atoms with Gasteiger partial charge in [-0.05, 0) is 11.6 Å². The summed E-state index contributed by atoms with van der Waals surface area (Å²) in [5.74, 6) is 0.561. The maximum Gasteiger partial charge on any atom is 0.116 e. The number of aromatic nitrogens is 2. The van der Waals surface area contributed by atoms with Gasteiger partial charge in [-0.2, -0.15) is 0 Å². The van der Waals surface area contributed by atoms with Gasteiger partial charge in [-0.3, -0.25) is 0 Å². The Kier molecular flexibility index (Phi) is 5.81. The minimum atomic E-state index is -0.497. The largest absolute Gasteiger partial charge is 0.390 e. The highest BCUT2D eigenvalue weighted by Crippen LogP contribution is 2.14. The van der Waals surface area contributed by atoms with Crippen LogP contribution < -0.4 is 0 Å². The van der Waals surface area contributed by atoms with Gasteiger partial charge in [0.15, 0.2) is 0 Å². The highest BCUT2D eigenvalue weighted by Gasteiger charge is 2.06. The standard InChI is InChI=1S/C14H16N2O2S/c17-13(10-19-14-6-7-15-11-16-14)9-18-8-12-4-2-1-3-5-12/h1-7,11,13,17H,8-10H2. The Morgan fingerprint density at radius 3 is 2.79 bits per heavy atom. The molecule has 1 aromatic carbocycles. The van der Waals surface area contributed by atoms with Crippen LogP contribution in [0.4, 0.5) is 0 Å². The molecule has 0 fully saturated rings. The molecule has 0 saturated heterocycles. The lowest BCUT2D eigenvalue weighted by Crippen LogP contribution is -2.18. The van der Waals surface area contributed by atoms with Crippen molar-refractivity contribution in [3.8, 4) is 0 Å². The summed E-state index contributed by atoms with van der Waals surface area (Å²) in [6, 6.07) is 11.7. The van der Waals surface area contributed by atoms with E-state index >= 15 is 0 Å². The summed E-state index contributed by atoms with van der Waals surface area (Å²) >= 11 is 1.49. The van der Waals surface area contributed by atoms with Crippen molar-refractivity contribution in [3.63, 3.8) is 0 Å². The normalized spacial score (nSPS) is 12.3. The summed E-state index contributed by atoms with van der Waals surface area (Å²) in [5, 5.41) is 10.7. The fourth-order valence-electron chi connectivity index (χ4n) is 1.48. The van der Waals surface area contributed by atoms with Crippen molar-refractivity contribution in [3.05, 3.63) is 54.5 Å². The molecule has 0 bridgehead atoms. The van der Waals surface area contributed by atoms with E-state index in [1.807, 2.05) is 36.4 Å². The second-order valence-electron chi connectivity index (χ2n) is 4.01. The number of nitrogens with zero attached hydrogens (tertiary/aromatic N) is 2. The zero-order chi connectivity index (χ0) is 13.3. The predicted octanol–water partition coefficient (Wildman–Crippen LogP) is 2.15. The van der Waals surface area contributed by atoms with Gasteiger partial charge in [-0.25, -0.2) is 9.97 Å². The maximum absolute atomic E-state index is 9.80. The number of thioether (sulfide) groups is 1. The van der Waals surface area contributed by atoms with Crippen LogP contribution in [-0.4, -0.2) is 33.5 Å². The molecule has 0 radical (unpaired) electrons. The third-order valence-electron chi connectivity index (χ3n) is 2.40. The van der Waals surface area contributed by atoms with Crippen molar-refractivity contribution in [1.29, 1.82) is 0 Å². The first-order chi connectivity index (χ1) is 9.34. The van der Waals surface area contributed by atoms with Crippen molar-refractivity contribution < 1.29 is 9.84 Å². The smallest absolute Gasteiger partial charge is 0.116 e. The molecule has 0 spiro atoms. The van der Waals surface area contributed by atoms with Crippen molar-refractivity contribution >= 4 is 11.8 Å². The summed E-state index contributed by atoms with van der Waals surface area (Å²) in [5.41, 5.74) is 1.11. The van der Waals surface area contributed by atoms with Gasteiger partial charge in [0, 0.05) is 11.9 Å². The molecular weight excluding hydrogens is 260 g/mol. The van der Waals surface area contributed by atoms with Crippen LogP contribution in [0.5, 0.6) is 0 Å². The molecule has 0 amide bonds. The van der Waals surface area contributed by atoms with Crippen molar-refractivity contribution in [2.75, 3.05) is 12.4 Å². The molecule has 1 heterocycles. The SMILES string of the molecule is OC(COCc1ccccc1)CSc1ccncn1. The quantitative estimate of drug-likeness (QED) is 0.620. The van der Waals surface area contributed by atoms with Crippen LogP contribution >= 0.6 is 11.8 Å². The molecule has 0 aliphatic rings. The van der Waals surface area contributed by atoms with E-state index in [1.54, 1.807) is 6.20 Å². The maximum atomic E-state index is 9.80. The third kappa shape index (κ3) is 5.38. The van der Waals surface area contributed by atoms with E-state index in [4.69, 9.17) is 4.74 Å². The Labute approximate surface area is 116 Å². The minimum Gasteiger partial charge on any atom is -0.390 e. The van der Waals surface area contributed by atoms with Gasteiger partial charge in [0.05, 0.1) is 24.3 Å². The first-order valence-corrected chi connectivity index (χ1v) is 7.01. The first-order valence-electron chi connectivity index (χ1n) is 6.03. The second-order valence-corrected chi connectivity index (χ2v) is 5.05. The second kappa shape index (κ2) is 7.89. The number of aliphatic hydroxyl groups excluding tert-OH is 1. The van der Waals surface area contributed by atoms with E-state index in [1.165, 1.54) is 18.1 Å². The van der Waals surface area contributed by atoms with Gasteiger partial charge in [0.2, 0.25) is 0 Å². The van der Waals surface area contributed by atoms with Gasteiger partial charge in [-0.15, -0.1) is 11.8 Å².